The van der Waals surface area contributed by atoms with Gasteiger partial charge in [-0.3, -0.25) is 10.1 Å². The third kappa shape index (κ3) is 2.72. The number of rotatable bonds is 2. The molecule has 112 valence electrons. The van der Waals surface area contributed by atoms with Crippen LogP contribution in [0.1, 0.15) is 10.4 Å². The minimum Gasteiger partial charge on any atom is -0.507 e. The van der Waals surface area contributed by atoms with E-state index >= 15 is 0 Å². The molecule has 0 bridgehead atoms. The Labute approximate surface area is 132 Å². The van der Waals surface area contributed by atoms with Gasteiger partial charge in [0, 0.05) is 11.1 Å². The van der Waals surface area contributed by atoms with Gasteiger partial charge in [-0.2, -0.15) is 0 Å². The first-order chi connectivity index (χ1) is 10.4. The van der Waals surface area contributed by atoms with Crippen LogP contribution in [-0.2, 0) is 0 Å². The lowest BCUT2D eigenvalue weighted by atomic mass is 10.2. The molecule has 2 N–H and O–H groups in total. The molecule has 1 aromatic heterocycles. The van der Waals surface area contributed by atoms with Crippen LogP contribution in [-0.4, -0.2) is 16.0 Å². The molecule has 3 aromatic rings. The number of thiazole rings is 1. The smallest absolute Gasteiger partial charge is 0.261 e. The largest absolute Gasteiger partial charge is 0.507 e. The molecule has 1 heterocycles. The SMILES string of the molecule is O=C(Nc1nc2c(F)cc(F)cc2s1)c1cc(Cl)ccc1O. The van der Waals surface area contributed by atoms with E-state index in [1.807, 2.05) is 0 Å². The van der Waals surface area contributed by atoms with Gasteiger partial charge in [-0.25, -0.2) is 13.8 Å². The molecule has 0 aliphatic rings. The van der Waals surface area contributed by atoms with Gasteiger partial charge in [0.25, 0.3) is 5.91 Å². The van der Waals surface area contributed by atoms with Crippen LogP contribution >= 0.6 is 22.9 Å². The number of anilines is 1. The number of amides is 1. The molecular formula is C14H7ClF2N2O2S. The van der Waals surface area contributed by atoms with E-state index in [0.717, 1.165) is 23.5 Å². The van der Waals surface area contributed by atoms with Crippen molar-refractivity contribution in [1.82, 2.24) is 4.98 Å². The Balaban J connectivity index is 1.94. The van der Waals surface area contributed by atoms with Crippen molar-refractivity contribution in [3.05, 3.63) is 52.6 Å². The van der Waals surface area contributed by atoms with Gasteiger partial charge in [0.05, 0.1) is 10.3 Å². The fourth-order valence-electron chi connectivity index (χ4n) is 1.87. The Kier molecular flexibility index (Phi) is 3.67. The van der Waals surface area contributed by atoms with Crippen LogP contribution in [0.25, 0.3) is 10.2 Å². The molecule has 8 heteroatoms. The van der Waals surface area contributed by atoms with E-state index in [9.17, 15) is 18.7 Å². The number of aromatic nitrogens is 1. The number of aromatic hydroxyl groups is 1. The molecule has 0 saturated heterocycles. The predicted octanol–water partition coefficient (Wildman–Crippen LogP) is 4.19. The monoisotopic (exact) mass is 340 g/mol. The summed E-state index contributed by atoms with van der Waals surface area (Å²) in [4.78, 5) is 16.0. The summed E-state index contributed by atoms with van der Waals surface area (Å²) < 4.78 is 27.0. The lowest BCUT2D eigenvalue weighted by molar-refractivity contribution is 0.102. The van der Waals surface area contributed by atoms with Crippen molar-refractivity contribution >= 4 is 44.2 Å². The number of nitrogens with zero attached hydrogens (tertiary/aromatic N) is 1. The first-order valence-electron chi connectivity index (χ1n) is 5.99. The molecule has 0 aliphatic carbocycles. The average Bonchev–Trinajstić information content (AvgIpc) is 2.84. The zero-order valence-electron chi connectivity index (χ0n) is 10.7. The average molecular weight is 341 g/mol. The lowest BCUT2D eigenvalue weighted by Crippen LogP contribution is -2.11. The Bertz CT molecular complexity index is 898. The normalized spacial score (nSPS) is 10.9. The summed E-state index contributed by atoms with van der Waals surface area (Å²) in [6.45, 7) is 0. The predicted molar refractivity (Wildman–Crippen MR) is 80.6 cm³/mol. The van der Waals surface area contributed by atoms with Gasteiger partial charge in [0.15, 0.2) is 10.9 Å². The molecule has 0 unspecified atom stereocenters. The Morgan fingerprint density at radius 3 is 2.82 bits per heavy atom. The van der Waals surface area contributed by atoms with Crippen LogP contribution in [0.2, 0.25) is 5.02 Å². The van der Waals surface area contributed by atoms with E-state index in [1.165, 1.54) is 18.2 Å². The second kappa shape index (κ2) is 5.51. The summed E-state index contributed by atoms with van der Waals surface area (Å²) in [6, 6.07) is 5.85. The van der Waals surface area contributed by atoms with Crippen molar-refractivity contribution in [3.8, 4) is 5.75 Å². The van der Waals surface area contributed by atoms with Crippen LogP contribution in [0.5, 0.6) is 5.75 Å². The van der Waals surface area contributed by atoms with Crippen molar-refractivity contribution in [2.45, 2.75) is 0 Å². The third-order valence-corrected chi connectivity index (χ3v) is 3.99. The fraction of sp³-hybridized carbons (Fsp3) is 0. The van der Waals surface area contributed by atoms with Crippen LogP contribution in [0.4, 0.5) is 13.9 Å². The quantitative estimate of drug-likeness (QED) is 0.735. The molecule has 4 nitrogen and oxygen atoms in total. The van der Waals surface area contributed by atoms with Crippen molar-refractivity contribution in [2.24, 2.45) is 0 Å². The molecule has 3 rings (SSSR count). The van der Waals surface area contributed by atoms with E-state index in [2.05, 4.69) is 10.3 Å². The molecule has 0 spiro atoms. The number of halogens is 3. The Morgan fingerprint density at radius 1 is 1.27 bits per heavy atom. The van der Waals surface area contributed by atoms with E-state index < -0.39 is 17.5 Å². The molecule has 0 radical (unpaired) electrons. The highest BCUT2D eigenvalue weighted by molar-refractivity contribution is 7.22. The van der Waals surface area contributed by atoms with Crippen LogP contribution in [0.3, 0.4) is 0 Å². The van der Waals surface area contributed by atoms with Crippen molar-refractivity contribution in [2.75, 3.05) is 5.32 Å². The van der Waals surface area contributed by atoms with Gasteiger partial charge in [-0.1, -0.05) is 22.9 Å². The molecule has 0 saturated carbocycles. The van der Waals surface area contributed by atoms with Gasteiger partial charge in [0.2, 0.25) is 0 Å². The van der Waals surface area contributed by atoms with Crippen LogP contribution in [0.15, 0.2) is 30.3 Å². The van der Waals surface area contributed by atoms with Gasteiger partial charge in [-0.15, -0.1) is 0 Å². The highest BCUT2D eigenvalue weighted by Gasteiger charge is 2.16. The number of hydrogen-bond donors (Lipinski definition) is 2. The third-order valence-electron chi connectivity index (χ3n) is 2.84. The number of phenolic OH excluding ortho intramolecular Hbond substituents is 1. The zero-order chi connectivity index (χ0) is 15.9. The molecule has 1 amide bonds. The summed E-state index contributed by atoms with van der Waals surface area (Å²) in [7, 11) is 0. The van der Waals surface area contributed by atoms with Crippen molar-refractivity contribution in [1.29, 1.82) is 0 Å². The molecular weight excluding hydrogens is 334 g/mol. The number of carbonyl (C=O) groups is 1. The number of hydrogen-bond acceptors (Lipinski definition) is 4. The molecule has 0 aliphatic heterocycles. The van der Waals surface area contributed by atoms with Crippen molar-refractivity contribution < 1.29 is 18.7 Å². The minimum absolute atomic E-state index is 0.0305. The highest BCUT2D eigenvalue weighted by atomic mass is 35.5. The highest BCUT2D eigenvalue weighted by Crippen LogP contribution is 2.30. The van der Waals surface area contributed by atoms with E-state index in [-0.39, 0.29) is 31.7 Å². The zero-order valence-corrected chi connectivity index (χ0v) is 12.3. The van der Waals surface area contributed by atoms with Crippen LogP contribution < -0.4 is 5.32 Å². The standard InChI is InChI=1S/C14H7ClF2N2O2S/c15-6-1-2-10(20)8(3-6)13(21)19-14-18-12-9(17)4-7(16)5-11(12)22-14/h1-5,20H,(H,18,19,21). The molecule has 0 fully saturated rings. The summed E-state index contributed by atoms with van der Waals surface area (Å²) in [5.74, 6) is -2.43. The first kappa shape index (κ1) is 14.7. The fourth-order valence-corrected chi connectivity index (χ4v) is 2.94. The Morgan fingerprint density at radius 2 is 2.05 bits per heavy atom. The number of nitrogens with one attached hydrogen (secondary N) is 1. The summed E-state index contributed by atoms with van der Waals surface area (Å²) >= 11 is 6.69. The minimum atomic E-state index is -0.808. The summed E-state index contributed by atoms with van der Waals surface area (Å²) in [5.41, 5.74) is -0.0737. The second-order valence-electron chi connectivity index (χ2n) is 4.37. The number of fused-ring (bicyclic) bond motifs is 1. The summed E-state index contributed by atoms with van der Waals surface area (Å²) in [6.07, 6.45) is 0. The van der Waals surface area contributed by atoms with E-state index in [1.54, 1.807) is 0 Å². The van der Waals surface area contributed by atoms with E-state index in [0.29, 0.717) is 0 Å². The summed E-state index contributed by atoms with van der Waals surface area (Å²) in [5, 5.41) is 12.4. The van der Waals surface area contributed by atoms with Crippen molar-refractivity contribution in [3.63, 3.8) is 0 Å². The maximum Gasteiger partial charge on any atom is 0.261 e. The maximum atomic E-state index is 13.6. The van der Waals surface area contributed by atoms with Gasteiger partial charge >= 0.3 is 0 Å². The number of benzene rings is 2. The molecule has 0 atom stereocenters. The lowest BCUT2D eigenvalue weighted by Gasteiger charge is -2.04. The van der Waals surface area contributed by atoms with Gasteiger partial charge in [0.1, 0.15) is 17.1 Å². The Hall–Kier alpha value is -2.25. The molecule has 2 aromatic carbocycles. The van der Waals surface area contributed by atoms with Gasteiger partial charge in [-0.05, 0) is 24.3 Å². The first-order valence-corrected chi connectivity index (χ1v) is 7.19. The second-order valence-corrected chi connectivity index (χ2v) is 5.84. The number of carbonyl (C=O) groups excluding carboxylic acids is 1. The van der Waals surface area contributed by atoms with Gasteiger partial charge < -0.3 is 5.11 Å². The topological polar surface area (TPSA) is 62.2 Å². The van der Waals surface area contributed by atoms with E-state index in [4.69, 9.17) is 11.6 Å². The van der Waals surface area contributed by atoms with Crippen LogP contribution in [0, 0.1) is 11.6 Å². The molecule has 22 heavy (non-hydrogen) atoms. The maximum absolute atomic E-state index is 13.6. The number of phenols is 1.